The molecular formula is C15H21N3O6. The lowest BCUT2D eigenvalue weighted by molar-refractivity contribution is -0.385. The lowest BCUT2D eigenvalue weighted by Gasteiger charge is -2.20. The lowest BCUT2D eigenvalue weighted by atomic mass is 10.3. The molecule has 0 aromatic heterocycles. The molecule has 0 fully saturated rings. The lowest BCUT2D eigenvalue weighted by Crippen LogP contribution is -2.42. The minimum Gasteiger partial charge on any atom is -0.496 e. The van der Waals surface area contributed by atoms with Crippen LogP contribution in [0.25, 0.3) is 0 Å². The third kappa shape index (κ3) is 5.41. The zero-order valence-electron chi connectivity index (χ0n) is 13.9. The van der Waals surface area contributed by atoms with Gasteiger partial charge >= 0.3 is 5.69 Å². The number of hydrogen-bond donors (Lipinski definition) is 1. The summed E-state index contributed by atoms with van der Waals surface area (Å²) in [5.74, 6) is -0.438. The Morgan fingerprint density at radius 2 is 2.04 bits per heavy atom. The number of nitrogens with one attached hydrogen (secondary N) is 1. The van der Waals surface area contributed by atoms with E-state index in [-0.39, 0.29) is 23.9 Å². The number of nitrogens with zero attached hydrogens (tertiary/aromatic N) is 2. The summed E-state index contributed by atoms with van der Waals surface area (Å²) >= 11 is 0. The van der Waals surface area contributed by atoms with Crippen LogP contribution in [0.1, 0.15) is 13.8 Å². The molecule has 1 rings (SSSR count). The highest BCUT2D eigenvalue weighted by Gasteiger charge is 2.20. The van der Waals surface area contributed by atoms with Gasteiger partial charge in [0.05, 0.1) is 24.6 Å². The highest BCUT2D eigenvalue weighted by atomic mass is 16.6. The van der Waals surface area contributed by atoms with Gasteiger partial charge in [-0.2, -0.15) is 0 Å². The number of methoxy groups -OCH3 is 1. The molecular weight excluding hydrogens is 318 g/mol. The number of carbonyl (C=O) groups excluding carboxylic acids is 2. The molecule has 1 aromatic rings. The quantitative estimate of drug-likeness (QED) is 0.530. The zero-order valence-corrected chi connectivity index (χ0v) is 13.9. The van der Waals surface area contributed by atoms with Gasteiger partial charge in [-0.15, -0.1) is 0 Å². The first kappa shape index (κ1) is 19.2. The van der Waals surface area contributed by atoms with Crippen molar-refractivity contribution in [3.8, 4) is 11.5 Å². The van der Waals surface area contributed by atoms with E-state index in [4.69, 9.17) is 9.47 Å². The van der Waals surface area contributed by atoms with Gasteiger partial charge in [0.25, 0.3) is 5.91 Å². The first-order valence-corrected chi connectivity index (χ1v) is 7.42. The van der Waals surface area contributed by atoms with Gasteiger partial charge < -0.3 is 19.7 Å². The van der Waals surface area contributed by atoms with E-state index in [0.717, 1.165) is 0 Å². The molecule has 0 spiro atoms. The number of amides is 2. The molecule has 0 saturated heterocycles. The van der Waals surface area contributed by atoms with E-state index in [2.05, 4.69) is 5.32 Å². The van der Waals surface area contributed by atoms with Crippen molar-refractivity contribution in [1.29, 1.82) is 0 Å². The van der Waals surface area contributed by atoms with E-state index < -0.39 is 17.4 Å². The topological polar surface area (TPSA) is 111 Å². The maximum atomic E-state index is 12.1. The molecule has 0 heterocycles. The largest absolute Gasteiger partial charge is 0.496 e. The fourth-order valence-electron chi connectivity index (χ4n) is 1.92. The summed E-state index contributed by atoms with van der Waals surface area (Å²) in [6.07, 6.45) is 0. The van der Waals surface area contributed by atoms with Crippen molar-refractivity contribution < 1.29 is 24.0 Å². The Labute approximate surface area is 139 Å². The van der Waals surface area contributed by atoms with E-state index in [1.54, 1.807) is 13.8 Å². The smallest absolute Gasteiger partial charge is 0.314 e. The molecule has 0 atom stereocenters. The van der Waals surface area contributed by atoms with Gasteiger partial charge in [0.15, 0.2) is 12.4 Å². The van der Waals surface area contributed by atoms with Crippen LogP contribution < -0.4 is 14.8 Å². The summed E-state index contributed by atoms with van der Waals surface area (Å²) in [7, 11) is 1.39. The third-order valence-electron chi connectivity index (χ3n) is 3.16. The van der Waals surface area contributed by atoms with Crippen molar-refractivity contribution in [1.82, 2.24) is 10.2 Å². The molecule has 132 valence electrons. The summed E-state index contributed by atoms with van der Waals surface area (Å²) < 4.78 is 10.2. The number of rotatable bonds is 9. The molecule has 0 aliphatic rings. The van der Waals surface area contributed by atoms with Gasteiger partial charge in [-0.1, -0.05) is 0 Å². The summed E-state index contributed by atoms with van der Waals surface area (Å²) in [5.41, 5.74) is -0.297. The Bertz CT molecular complexity index is 605. The molecule has 0 aliphatic carbocycles. The van der Waals surface area contributed by atoms with Crippen LogP contribution >= 0.6 is 0 Å². The summed E-state index contributed by atoms with van der Waals surface area (Å²) in [6.45, 7) is 3.82. The van der Waals surface area contributed by atoms with Crippen LogP contribution in [0, 0.1) is 10.1 Å². The van der Waals surface area contributed by atoms with Crippen LogP contribution in [0.2, 0.25) is 0 Å². The van der Waals surface area contributed by atoms with Crippen molar-refractivity contribution in [3.63, 3.8) is 0 Å². The minimum atomic E-state index is -0.616. The molecule has 0 bridgehead atoms. The fourth-order valence-corrected chi connectivity index (χ4v) is 1.92. The molecule has 0 aliphatic heterocycles. The Morgan fingerprint density at radius 1 is 1.33 bits per heavy atom. The molecule has 1 N–H and O–H groups in total. The van der Waals surface area contributed by atoms with Crippen LogP contribution in [-0.4, -0.2) is 55.0 Å². The molecule has 0 saturated carbocycles. The number of likely N-dealkylation sites (N-methyl/N-ethyl adjacent to an activating group) is 2. The Hall–Kier alpha value is -2.84. The monoisotopic (exact) mass is 339 g/mol. The predicted molar refractivity (Wildman–Crippen MR) is 86.1 cm³/mol. The van der Waals surface area contributed by atoms with Gasteiger partial charge in [0.2, 0.25) is 5.91 Å². The second kappa shape index (κ2) is 9.33. The fraction of sp³-hybridized carbons (Fsp3) is 0.467. The summed E-state index contributed by atoms with van der Waals surface area (Å²) in [4.78, 5) is 35.4. The van der Waals surface area contributed by atoms with Crippen molar-refractivity contribution in [2.75, 3.05) is 33.4 Å². The number of nitro benzene ring substituents is 1. The van der Waals surface area contributed by atoms with E-state index in [0.29, 0.717) is 18.8 Å². The molecule has 1 aromatic carbocycles. The van der Waals surface area contributed by atoms with Gasteiger partial charge in [-0.25, -0.2) is 0 Å². The Kier molecular flexibility index (Phi) is 7.47. The number of carbonyl (C=O) groups is 2. The number of nitro groups is 1. The van der Waals surface area contributed by atoms with Crippen molar-refractivity contribution in [2.45, 2.75) is 13.8 Å². The normalized spacial score (nSPS) is 9.96. The van der Waals surface area contributed by atoms with E-state index in [1.165, 1.54) is 30.2 Å². The predicted octanol–water partition coefficient (Wildman–Crippen LogP) is 0.967. The summed E-state index contributed by atoms with van der Waals surface area (Å²) in [5, 5.41) is 13.7. The standard InChI is InChI=1S/C15H21N3O6/c1-4-16-14(19)9-17(5-2)15(20)10-24-13-7-6-11(23-3)8-12(13)18(21)22/h6-8H,4-5,9-10H2,1-3H3,(H,16,19). The van der Waals surface area contributed by atoms with Crippen molar-refractivity contribution in [2.24, 2.45) is 0 Å². The molecule has 9 heteroatoms. The zero-order chi connectivity index (χ0) is 18.1. The number of ether oxygens (including phenoxy) is 2. The highest BCUT2D eigenvalue weighted by molar-refractivity contribution is 5.85. The van der Waals surface area contributed by atoms with Crippen LogP contribution in [-0.2, 0) is 9.59 Å². The van der Waals surface area contributed by atoms with Crippen LogP contribution in [0.3, 0.4) is 0 Å². The number of benzene rings is 1. The first-order chi connectivity index (χ1) is 11.4. The molecule has 9 nitrogen and oxygen atoms in total. The second-order valence-electron chi connectivity index (χ2n) is 4.74. The second-order valence-corrected chi connectivity index (χ2v) is 4.74. The Balaban J connectivity index is 2.75. The molecule has 0 unspecified atom stereocenters. The van der Waals surface area contributed by atoms with Crippen LogP contribution in [0.5, 0.6) is 11.5 Å². The maximum Gasteiger partial charge on any atom is 0.314 e. The molecule has 24 heavy (non-hydrogen) atoms. The summed E-state index contributed by atoms with van der Waals surface area (Å²) in [6, 6.07) is 4.08. The van der Waals surface area contributed by atoms with Gasteiger partial charge in [-0.3, -0.25) is 19.7 Å². The maximum absolute atomic E-state index is 12.1. The van der Waals surface area contributed by atoms with Crippen LogP contribution in [0.15, 0.2) is 18.2 Å². The third-order valence-corrected chi connectivity index (χ3v) is 3.16. The Morgan fingerprint density at radius 3 is 2.58 bits per heavy atom. The first-order valence-electron chi connectivity index (χ1n) is 7.42. The SMILES string of the molecule is CCNC(=O)CN(CC)C(=O)COc1ccc(OC)cc1[N+](=O)[O-]. The van der Waals surface area contributed by atoms with Crippen molar-refractivity contribution >= 4 is 17.5 Å². The van der Waals surface area contributed by atoms with Gasteiger partial charge in [0, 0.05) is 13.1 Å². The minimum absolute atomic E-state index is 0.0387. The van der Waals surface area contributed by atoms with E-state index >= 15 is 0 Å². The highest BCUT2D eigenvalue weighted by Crippen LogP contribution is 2.30. The molecule has 0 radical (unpaired) electrons. The number of hydrogen-bond acceptors (Lipinski definition) is 6. The molecule has 2 amide bonds. The van der Waals surface area contributed by atoms with Crippen LogP contribution in [0.4, 0.5) is 5.69 Å². The van der Waals surface area contributed by atoms with Gasteiger partial charge in [0.1, 0.15) is 5.75 Å². The van der Waals surface area contributed by atoms with Crippen molar-refractivity contribution in [3.05, 3.63) is 28.3 Å². The average Bonchev–Trinajstić information content (AvgIpc) is 2.57. The van der Waals surface area contributed by atoms with Gasteiger partial charge in [-0.05, 0) is 26.0 Å². The van der Waals surface area contributed by atoms with E-state index in [9.17, 15) is 19.7 Å². The average molecular weight is 339 g/mol. The van der Waals surface area contributed by atoms with E-state index in [1.807, 2.05) is 0 Å².